The Bertz CT molecular complexity index is 478. The summed E-state index contributed by atoms with van der Waals surface area (Å²) in [7, 11) is 0. The lowest BCUT2D eigenvalue weighted by Crippen LogP contribution is -2.20. The number of rotatable bonds is 6. The largest absolute Gasteiger partial charge is 0.484 e. The number of benzene rings is 1. The zero-order valence-corrected chi connectivity index (χ0v) is 11.1. The van der Waals surface area contributed by atoms with Crippen molar-refractivity contribution in [2.24, 2.45) is 5.73 Å². The summed E-state index contributed by atoms with van der Waals surface area (Å²) in [6, 6.07) is 6.73. The van der Waals surface area contributed by atoms with E-state index in [1.54, 1.807) is 31.2 Å². The molecule has 0 aliphatic heterocycles. The first-order valence-corrected chi connectivity index (χ1v) is 6.02. The van der Waals surface area contributed by atoms with Crippen molar-refractivity contribution >= 4 is 17.5 Å². The quantitative estimate of drug-likeness (QED) is 0.767. The molecule has 0 atom stereocenters. The molecule has 0 spiro atoms. The third kappa shape index (κ3) is 5.25. The molecule has 1 rings (SSSR count). The molecular weight excluding hydrogens is 244 g/mol. The predicted molar refractivity (Wildman–Crippen MR) is 73.8 cm³/mol. The van der Waals surface area contributed by atoms with Gasteiger partial charge in [-0.25, -0.2) is 0 Å². The van der Waals surface area contributed by atoms with Crippen LogP contribution in [-0.4, -0.2) is 18.4 Å². The lowest BCUT2D eigenvalue weighted by molar-refractivity contribution is -0.120. The molecule has 0 unspecified atom stereocenters. The van der Waals surface area contributed by atoms with Crippen LogP contribution in [0.25, 0.3) is 0 Å². The number of nitrogens with two attached hydrogens (primary N) is 1. The second kappa shape index (κ2) is 7.20. The second-order valence-electron chi connectivity index (χ2n) is 4.03. The van der Waals surface area contributed by atoms with Crippen LogP contribution >= 0.6 is 0 Å². The molecule has 0 radical (unpaired) electrons. The monoisotopic (exact) mass is 262 g/mol. The number of nitrogens with one attached hydrogen (secondary N) is 1. The highest BCUT2D eigenvalue weighted by molar-refractivity contribution is 6.03. The normalized spacial score (nSPS) is 10.9. The average molecular weight is 262 g/mol. The Balaban J connectivity index is 2.59. The molecule has 0 heterocycles. The number of allylic oxidation sites excluding steroid dienone is 1. The Morgan fingerprint density at radius 2 is 1.95 bits per heavy atom. The Morgan fingerprint density at radius 3 is 2.47 bits per heavy atom. The Kier molecular flexibility index (Phi) is 5.60. The van der Waals surface area contributed by atoms with Crippen LogP contribution in [0.2, 0.25) is 0 Å². The molecular formula is C14H18N2O3. The number of hydrogen-bond acceptors (Lipinski definition) is 3. The van der Waals surface area contributed by atoms with E-state index < -0.39 is 5.91 Å². The molecule has 0 aromatic heterocycles. The van der Waals surface area contributed by atoms with Crippen molar-refractivity contribution in [2.75, 3.05) is 11.9 Å². The minimum absolute atomic E-state index is 0.132. The highest BCUT2D eigenvalue weighted by Crippen LogP contribution is 2.16. The summed E-state index contributed by atoms with van der Waals surface area (Å²) in [5.41, 5.74) is 6.31. The summed E-state index contributed by atoms with van der Waals surface area (Å²) in [4.78, 5) is 22.3. The Morgan fingerprint density at radius 1 is 1.32 bits per heavy atom. The summed E-state index contributed by atoms with van der Waals surface area (Å²) in [5, 5.41) is 2.76. The average Bonchev–Trinajstić information content (AvgIpc) is 2.38. The van der Waals surface area contributed by atoms with Gasteiger partial charge in [0, 0.05) is 11.3 Å². The van der Waals surface area contributed by atoms with Gasteiger partial charge < -0.3 is 15.8 Å². The Hall–Kier alpha value is -2.30. The topological polar surface area (TPSA) is 81.4 Å². The summed E-state index contributed by atoms with van der Waals surface area (Å²) in [5.74, 6) is -0.136. The van der Waals surface area contributed by atoms with Crippen molar-refractivity contribution in [1.29, 1.82) is 0 Å². The van der Waals surface area contributed by atoms with E-state index >= 15 is 0 Å². The first-order chi connectivity index (χ1) is 9.02. The standard InChI is InChI=1S/C14H18N2O3/c1-3-4-10(2)14(18)16-11-5-7-12(8-6-11)19-9-13(15)17/h4-8H,3,9H2,1-2H3,(H2,15,17)(H,16,18). The fourth-order valence-corrected chi connectivity index (χ4v) is 1.42. The van der Waals surface area contributed by atoms with Gasteiger partial charge in [0.1, 0.15) is 5.75 Å². The third-order valence-corrected chi connectivity index (χ3v) is 2.36. The van der Waals surface area contributed by atoms with Gasteiger partial charge in [-0.05, 0) is 37.6 Å². The van der Waals surface area contributed by atoms with E-state index in [-0.39, 0.29) is 12.5 Å². The van der Waals surface area contributed by atoms with Crippen LogP contribution in [-0.2, 0) is 9.59 Å². The number of hydrogen-bond donors (Lipinski definition) is 2. The molecule has 5 heteroatoms. The molecule has 19 heavy (non-hydrogen) atoms. The van der Waals surface area contributed by atoms with Crippen LogP contribution in [0.15, 0.2) is 35.9 Å². The van der Waals surface area contributed by atoms with Gasteiger partial charge in [-0.2, -0.15) is 0 Å². The van der Waals surface area contributed by atoms with E-state index in [2.05, 4.69) is 5.32 Å². The first kappa shape index (κ1) is 14.8. The lowest BCUT2D eigenvalue weighted by atomic mass is 10.2. The van der Waals surface area contributed by atoms with E-state index in [0.29, 0.717) is 17.0 Å². The van der Waals surface area contributed by atoms with E-state index in [1.165, 1.54) is 0 Å². The summed E-state index contributed by atoms with van der Waals surface area (Å²) in [6.45, 7) is 3.58. The van der Waals surface area contributed by atoms with Crippen molar-refractivity contribution in [2.45, 2.75) is 20.3 Å². The van der Waals surface area contributed by atoms with Crippen molar-refractivity contribution in [1.82, 2.24) is 0 Å². The van der Waals surface area contributed by atoms with Crippen molar-refractivity contribution in [3.05, 3.63) is 35.9 Å². The molecule has 2 amide bonds. The minimum Gasteiger partial charge on any atom is -0.484 e. The maximum Gasteiger partial charge on any atom is 0.255 e. The maximum absolute atomic E-state index is 11.7. The van der Waals surface area contributed by atoms with Gasteiger partial charge in [-0.15, -0.1) is 0 Å². The first-order valence-electron chi connectivity index (χ1n) is 6.02. The number of amides is 2. The van der Waals surface area contributed by atoms with E-state index in [0.717, 1.165) is 6.42 Å². The number of primary amides is 1. The highest BCUT2D eigenvalue weighted by Gasteiger charge is 2.04. The number of ether oxygens (including phenoxy) is 1. The molecule has 0 saturated heterocycles. The van der Waals surface area contributed by atoms with Crippen molar-refractivity contribution < 1.29 is 14.3 Å². The predicted octanol–water partition coefficient (Wildman–Crippen LogP) is 1.85. The zero-order valence-electron chi connectivity index (χ0n) is 11.1. The molecule has 102 valence electrons. The summed E-state index contributed by atoms with van der Waals surface area (Å²) in [6.07, 6.45) is 2.68. The van der Waals surface area contributed by atoms with E-state index in [1.807, 2.05) is 13.0 Å². The van der Waals surface area contributed by atoms with E-state index in [4.69, 9.17) is 10.5 Å². The molecule has 0 aliphatic carbocycles. The number of anilines is 1. The van der Waals surface area contributed by atoms with E-state index in [9.17, 15) is 9.59 Å². The molecule has 0 aliphatic rings. The van der Waals surface area contributed by atoms with Crippen LogP contribution in [0.5, 0.6) is 5.75 Å². The Labute approximate surface area is 112 Å². The molecule has 0 saturated carbocycles. The van der Waals surface area contributed by atoms with Crippen LogP contribution in [0.3, 0.4) is 0 Å². The fraction of sp³-hybridized carbons (Fsp3) is 0.286. The highest BCUT2D eigenvalue weighted by atomic mass is 16.5. The van der Waals surface area contributed by atoms with Crippen LogP contribution < -0.4 is 15.8 Å². The minimum atomic E-state index is -0.530. The van der Waals surface area contributed by atoms with Crippen molar-refractivity contribution in [3.8, 4) is 5.75 Å². The maximum atomic E-state index is 11.7. The van der Waals surface area contributed by atoms with Crippen LogP contribution in [0.1, 0.15) is 20.3 Å². The fourth-order valence-electron chi connectivity index (χ4n) is 1.42. The molecule has 1 aromatic carbocycles. The zero-order chi connectivity index (χ0) is 14.3. The van der Waals surface area contributed by atoms with Gasteiger partial charge in [-0.1, -0.05) is 13.0 Å². The van der Waals surface area contributed by atoms with Crippen molar-refractivity contribution in [3.63, 3.8) is 0 Å². The SMILES string of the molecule is CCC=C(C)C(=O)Nc1ccc(OCC(N)=O)cc1. The molecule has 0 fully saturated rings. The van der Waals surface area contributed by atoms with Gasteiger partial charge in [0.25, 0.3) is 11.8 Å². The summed E-state index contributed by atoms with van der Waals surface area (Å²) >= 11 is 0. The van der Waals surface area contributed by atoms with Crippen LogP contribution in [0, 0.1) is 0 Å². The van der Waals surface area contributed by atoms with Gasteiger partial charge in [-0.3, -0.25) is 9.59 Å². The molecule has 1 aromatic rings. The molecule has 3 N–H and O–H groups in total. The van der Waals surface area contributed by atoms with Crippen LogP contribution in [0.4, 0.5) is 5.69 Å². The van der Waals surface area contributed by atoms with Gasteiger partial charge in [0.2, 0.25) is 0 Å². The number of carbonyl (C=O) groups is 2. The summed E-state index contributed by atoms with van der Waals surface area (Å²) < 4.78 is 5.11. The molecule has 0 bridgehead atoms. The molecule has 5 nitrogen and oxygen atoms in total. The third-order valence-electron chi connectivity index (χ3n) is 2.36. The van der Waals surface area contributed by atoms with Gasteiger partial charge in [0.05, 0.1) is 0 Å². The second-order valence-corrected chi connectivity index (χ2v) is 4.03. The smallest absolute Gasteiger partial charge is 0.255 e. The van der Waals surface area contributed by atoms with Gasteiger partial charge in [0.15, 0.2) is 6.61 Å². The van der Waals surface area contributed by atoms with Gasteiger partial charge >= 0.3 is 0 Å². The number of carbonyl (C=O) groups excluding carboxylic acids is 2. The lowest BCUT2D eigenvalue weighted by Gasteiger charge is -2.07.